The van der Waals surface area contributed by atoms with Crippen LogP contribution < -0.4 is 5.32 Å². The van der Waals surface area contributed by atoms with Crippen molar-refractivity contribution in [1.29, 1.82) is 0 Å². The van der Waals surface area contributed by atoms with Gasteiger partial charge in [-0.1, -0.05) is 16.9 Å². The van der Waals surface area contributed by atoms with Gasteiger partial charge in [0.25, 0.3) is 0 Å². The second kappa shape index (κ2) is 8.48. The van der Waals surface area contributed by atoms with Crippen molar-refractivity contribution in [3.05, 3.63) is 48.3 Å². The van der Waals surface area contributed by atoms with Crippen LogP contribution in [0.5, 0.6) is 0 Å². The summed E-state index contributed by atoms with van der Waals surface area (Å²) in [7, 11) is 3.57. The maximum atomic E-state index is 11.8. The molecule has 0 bridgehead atoms. The Morgan fingerprint density at radius 3 is 2.79 bits per heavy atom. The summed E-state index contributed by atoms with van der Waals surface area (Å²) in [4.78, 5) is 32.3. The van der Waals surface area contributed by atoms with Crippen LogP contribution in [0.25, 0.3) is 21.6 Å². The Labute approximate surface area is 173 Å². The molecule has 0 unspecified atom stereocenters. The number of dihydropyridines is 1. The molecule has 0 aromatic carbocycles. The monoisotopic (exact) mass is 406 g/mol. The second-order valence-corrected chi connectivity index (χ2v) is 7.99. The van der Waals surface area contributed by atoms with Gasteiger partial charge in [-0.25, -0.2) is 9.97 Å². The zero-order chi connectivity index (χ0) is 20.2. The van der Waals surface area contributed by atoms with E-state index in [-0.39, 0.29) is 5.91 Å². The fourth-order valence-corrected chi connectivity index (χ4v) is 3.90. The van der Waals surface area contributed by atoms with E-state index >= 15 is 0 Å². The number of nitrogens with zero attached hydrogens (tertiary/aromatic N) is 5. The van der Waals surface area contributed by atoms with Crippen molar-refractivity contribution >= 4 is 38.6 Å². The number of aromatic nitrogens is 3. The van der Waals surface area contributed by atoms with Gasteiger partial charge in [-0.15, -0.1) is 0 Å². The van der Waals surface area contributed by atoms with Crippen molar-refractivity contribution in [1.82, 2.24) is 19.9 Å². The molecule has 0 radical (unpaired) electrons. The number of carbonyl (C=O) groups excluding carboxylic acids is 1. The molecule has 0 saturated heterocycles. The van der Waals surface area contributed by atoms with E-state index in [9.17, 15) is 4.79 Å². The van der Waals surface area contributed by atoms with E-state index in [0.717, 1.165) is 52.0 Å². The number of hydrogen-bond acceptors (Lipinski definition) is 7. The smallest absolute Gasteiger partial charge is 0.222 e. The average molecular weight is 407 g/mol. The van der Waals surface area contributed by atoms with Gasteiger partial charge in [-0.05, 0) is 43.2 Å². The lowest BCUT2D eigenvalue weighted by Gasteiger charge is -2.15. The minimum Gasteiger partial charge on any atom is -0.349 e. The number of aliphatic imine (C=N–C) groups is 1. The van der Waals surface area contributed by atoms with Crippen LogP contribution in [0.3, 0.4) is 0 Å². The van der Waals surface area contributed by atoms with Gasteiger partial charge in [0, 0.05) is 45.0 Å². The van der Waals surface area contributed by atoms with Crippen molar-refractivity contribution in [2.45, 2.75) is 19.3 Å². The highest BCUT2D eigenvalue weighted by molar-refractivity contribution is 7.22. The standard InChI is InChI=1S/C21H22N6OS/c1-27(2)19(28)6-3-14-7-12-23-18(13-14)26-21-25-17-5-4-16(24-20(17)29-21)15-8-10-22-11-9-15/h4-5,8-11,13H,3,6-7,12H2,1-2H3,(H,23,25,26). The molecule has 4 rings (SSSR count). The van der Waals surface area contributed by atoms with E-state index in [1.165, 1.54) is 16.9 Å². The van der Waals surface area contributed by atoms with Crippen LogP contribution in [0, 0.1) is 0 Å². The highest BCUT2D eigenvalue weighted by atomic mass is 32.1. The maximum absolute atomic E-state index is 11.8. The van der Waals surface area contributed by atoms with Crippen LogP contribution in [0.4, 0.5) is 5.13 Å². The summed E-state index contributed by atoms with van der Waals surface area (Å²) in [6, 6.07) is 7.84. The third-order valence-electron chi connectivity index (χ3n) is 4.68. The first-order valence-corrected chi connectivity index (χ1v) is 10.3. The molecule has 3 aromatic heterocycles. The van der Waals surface area contributed by atoms with E-state index in [1.54, 1.807) is 31.4 Å². The number of hydrogen-bond donors (Lipinski definition) is 1. The summed E-state index contributed by atoms with van der Waals surface area (Å²) in [5.41, 5.74) is 4.02. The lowest BCUT2D eigenvalue weighted by molar-refractivity contribution is -0.128. The minimum atomic E-state index is 0.144. The summed E-state index contributed by atoms with van der Waals surface area (Å²) in [5.74, 6) is 0.933. The summed E-state index contributed by atoms with van der Waals surface area (Å²) < 4.78 is 0. The third kappa shape index (κ3) is 4.65. The molecule has 1 aliphatic heterocycles. The van der Waals surface area contributed by atoms with Gasteiger partial charge in [-0.3, -0.25) is 14.8 Å². The molecule has 0 fully saturated rings. The number of carbonyl (C=O) groups is 1. The van der Waals surface area contributed by atoms with Crippen LogP contribution >= 0.6 is 11.3 Å². The van der Waals surface area contributed by atoms with Crippen molar-refractivity contribution < 1.29 is 4.79 Å². The SMILES string of the molecule is CN(C)C(=O)CCC1=CC(Nc2nc3ccc(-c4ccncc4)nc3s2)=NCC1. The fraction of sp³-hybridized carbons (Fsp3) is 0.286. The minimum absolute atomic E-state index is 0.144. The highest BCUT2D eigenvalue weighted by Gasteiger charge is 2.13. The largest absolute Gasteiger partial charge is 0.349 e. The van der Waals surface area contributed by atoms with Crippen LogP contribution in [-0.4, -0.2) is 52.2 Å². The number of amidine groups is 1. The van der Waals surface area contributed by atoms with Gasteiger partial charge in [0.15, 0.2) is 5.13 Å². The molecule has 3 aromatic rings. The predicted octanol–water partition coefficient (Wildman–Crippen LogP) is 3.76. The lowest BCUT2D eigenvalue weighted by Crippen LogP contribution is -2.21. The number of anilines is 1. The van der Waals surface area contributed by atoms with E-state index in [1.807, 2.05) is 30.3 Å². The summed E-state index contributed by atoms with van der Waals surface area (Å²) in [5, 5.41) is 4.07. The molecule has 8 heteroatoms. The fourth-order valence-electron chi connectivity index (χ4n) is 3.06. The zero-order valence-electron chi connectivity index (χ0n) is 16.4. The van der Waals surface area contributed by atoms with Crippen LogP contribution in [0.1, 0.15) is 19.3 Å². The van der Waals surface area contributed by atoms with Gasteiger partial charge in [-0.2, -0.15) is 0 Å². The maximum Gasteiger partial charge on any atom is 0.222 e. The Bertz CT molecular complexity index is 1090. The molecule has 1 N–H and O–H groups in total. The Morgan fingerprint density at radius 1 is 1.17 bits per heavy atom. The Hall–Kier alpha value is -3.13. The third-order valence-corrected chi connectivity index (χ3v) is 5.56. The van der Waals surface area contributed by atoms with E-state index in [0.29, 0.717) is 6.42 Å². The topological polar surface area (TPSA) is 83.4 Å². The molecule has 1 amide bonds. The van der Waals surface area contributed by atoms with Crippen LogP contribution in [0.15, 0.2) is 53.3 Å². The molecule has 4 heterocycles. The Kier molecular flexibility index (Phi) is 5.62. The van der Waals surface area contributed by atoms with E-state index < -0.39 is 0 Å². The molecular formula is C21H22N6OS. The first-order chi connectivity index (χ1) is 14.1. The van der Waals surface area contributed by atoms with Crippen molar-refractivity contribution in [3.63, 3.8) is 0 Å². The molecule has 0 spiro atoms. The Morgan fingerprint density at radius 2 is 2.00 bits per heavy atom. The van der Waals surface area contributed by atoms with Gasteiger partial charge in [0.2, 0.25) is 5.91 Å². The number of thiazole rings is 1. The molecule has 1 aliphatic rings. The normalized spacial score (nSPS) is 13.7. The van der Waals surface area contributed by atoms with Gasteiger partial charge in [0.1, 0.15) is 16.2 Å². The van der Waals surface area contributed by atoms with Gasteiger partial charge in [0.05, 0.1) is 5.69 Å². The summed E-state index contributed by atoms with van der Waals surface area (Å²) in [6.07, 6.45) is 7.73. The average Bonchev–Trinajstić information content (AvgIpc) is 3.14. The molecule has 148 valence electrons. The van der Waals surface area contributed by atoms with Crippen LogP contribution in [0.2, 0.25) is 0 Å². The number of pyridine rings is 2. The van der Waals surface area contributed by atoms with Crippen molar-refractivity contribution in [2.75, 3.05) is 26.0 Å². The molecule has 0 aliphatic carbocycles. The molecule has 0 atom stereocenters. The highest BCUT2D eigenvalue weighted by Crippen LogP contribution is 2.28. The molecule has 7 nitrogen and oxygen atoms in total. The first-order valence-electron chi connectivity index (χ1n) is 9.47. The number of amides is 1. The summed E-state index contributed by atoms with van der Waals surface area (Å²) in [6.45, 7) is 0.722. The number of nitrogens with one attached hydrogen (secondary N) is 1. The molecular weight excluding hydrogens is 384 g/mol. The summed E-state index contributed by atoms with van der Waals surface area (Å²) >= 11 is 1.50. The van der Waals surface area contributed by atoms with Crippen LogP contribution in [-0.2, 0) is 4.79 Å². The lowest BCUT2D eigenvalue weighted by atomic mass is 10.0. The van der Waals surface area contributed by atoms with E-state index in [4.69, 9.17) is 4.98 Å². The first kappa shape index (κ1) is 19.2. The number of fused-ring (bicyclic) bond motifs is 1. The van der Waals surface area contributed by atoms with Gasteiger partial charge < -0.3 is 10.2 Å². The molecule has 29 heavy (non-hydrogen) atoms. The predicted molar refractivity (Wildman–Crippen MR) is 117 cm³/mol. The van der Waals surface area contributed by atoms with Gasteiger partial charge >= 0.3 is 0 Å². The zero-order valence-corrected chi connectivity index (χ0v) is 17.2. The number of rotatable bonds is 5. The van der Waals surface area contributed by atoms with Crippen molar-refractivity contribution in [2.24, 2.45) is 4.99 Å². The molecule has 0 saturated carbocycles. The Balaban J connectivity index is 1.47. The quantitative estimate of drug-likeness (QED) is 0.697. The van der Waals surface area contributed by atoms with E-state index in [2.05, 4.69) is 20.3 Å². The van der Waals surface area contributed by atoms with Crippen molar-refractivity contribution in [3.8, 4) is 11.3 Å². The second-order valence-electron chi connectivity index (χ2n) is 7.01.